The first kappa shape index (κ1) is 18.1. The maximum atomic E-state index is 5.73. The van der Waals surface area contributed by atoms with Crippen LogP contribution in [0.25, 0.3) is 0 Å². The smallest absolute Gasteiger partial charge is 0.114 e. The summed E-state index contributed by atoms with van der Waals surface area (Å²) in [6, 6.07) is 0.312. The topological polar surface area (TPSA) is 43.2 Å². The van der Waals surface area contributed by atoms with Crippen LogP contribution in [0, 0.1) is 13.8 Å². The Labute approximate surface area is 160 Å². The van der Waals surface area contributed by atoms with Gasteiger partial charge in [0.2, 0.25) is 0 Å². The van der Waals surface area contributed by atoms with Gasteiger partial charge >= 0.3 is 0 Å². The summed E-state index contributed by atoms with van der Waals surface area (Å²) in [7, 11) is 2.18. The first-order valence-corrected chi connectivity index (χ1v) is 10.8. The van der Waals surface area contributed by atoms with E-state index in [-0.39, 0.29) is 0 Å². The van der Waals surface area contributed by atoms with Gasteiger partial charge < -0.3 is 4.74 Å². The number of hydrogen-bond donors (Lipinski definition) is 0. The molecule has 4 rings (SSSR count). The molecule has 2 aromatic rings. The van der Waals surface area contributed by atoms with Gasteiger partial charge in [-0.1, -0.05) is 19.3 Å². The number of nitrogens with zero attached hydrogens (tertiary/aromatic N) is 4. The van der Waals surface area contributed by atoms with Crippen molar-refractivity contribution < 1.29 is 4.74 Å². The Balaban J connectivity index is 1.52. The number of aromatic nitrogens is 3. The molecular formula is C20H30N4OS. The molecular weight excluding hydrogens is 344 g/mol. The average molecular weight is 375 g/mol. The molecule has 26 heavy (non-hydrogen) atoms. The molecule has 1 unspecified atom stereocenters. The zero-order valence-corrected chi connectivity index (χ0v) is 17.0. The van der Waals surface area contributed by atoms with Crippen molar-refractivity contribution >= 4 is 11.3 Å². The van der Waals surface area contributed by atoms with Crippen LogP contribution in [-0.4, -0.2) is 46.5 Å². The van der Waals surface area contributed by atoms with Crippen LogP contribution in [0.4, 0.5) is 0 Å². The van der Waals surface area contributed by atoms with E-state index in [0.717, 1.165) is 32.0 Å². The molecule has 0 radical (unpaired) electrons. The van der Waals surface area contributed by atoms with E-state index in [1.165, 1.54) is 54.1 Å². The van der Waals surface area contributed by atoms with E-state index in [1.807, 2.05) is 0 Å². The lowest BCUT2D eigenvalue weighted by molar-refractivity contribution is 0.00457. The Morgan fingerprint density at radius 2 is 2.04 bits per heavy atom. The molecule has 3 heterocycles. The Bertz CT molecular complexity index is 747. The third-order valence-electron chi connectivity index (χ3n) is 6.04. The van der Waals surface area contributed by atoms with Gasteiger partial charge in [0.1, 0.15) is 5.01 Å². The highest BCUT2D eigenvalue weighted by Gasteiger charge is 2.27. The third kappa shape index (κ3) is 3.59. The van der Waals surface area contributed by atoms with Gasteiger partial charge in [-0.15, -0.1) is 11.3 Å². The number of rotatable bonds is 4. The van der Waals surface area contributed by atoms with Crippen LogP contribution in [0.2, 0.25) is 0 Å². The quantitative estimate of drug-likeness (QED) is 0.810. The Morgan fingerprint density at radius 1 is 1.23 bits per heavy atom. The molecule has 1 saturated heterocycles. The van der Waals surface area contributed by atoms with Gasteiger partial charge in [0.05, 0.1) is 37.2 Å². The molecule has 0 aromatic carbocycles. The zero-order chi connectivity index (χ0) is 18.1. The molecule has 1 atom stereocenters. The largest absolute Gasteiger partial charge is 0.378 e. The van der Waals surface area contributed by atoms with Crippen LogP contribution < -0.4 is 0 Å². The van der Waals surface area contributed by atoms with Crippen LogP contribution in [0.1, 0.15) is 71.7 Å². The summed E-state index contributed by atoms with van der Waals surface area (Å²) >= 11 is 1.79. The van der Waals surface area contributed by atoms with Crippen molar-refractivity contribution in [2.24, 2.45) is 0 Å². The highest BCUT2D eigenvalue weighted by molar-refractivity contribution is 7.09. The predicted octanol–water partition coefficient (Wildman–Crippen LogP) is 4.06. The standard InChI is InChI=1S/C20H30N4OS/c1-14-20(18-12-25-10-9-23(18)3)15(2)24(22-14)11-19-21-17(13-26-19)16-7-5-4-6-8-16/h13,16,18H,4-12H2,1-3H3. The van der Waals surface area contributed by atoms with Gasteiger partial charge in [-0.05, 0) is 33.7 Å². The molecule has 0 N–H and O–H groups in total. The second-order valence-corrected chi connectivity index (χ2v) is 8.76. The zero-order valence-electron chi connectivity index (χ0n) is 16.2. The SMILES string of the molecule is Cc1nn(Cc2nc(C3CCCCC3)cs2)c(C)c1C1COCCN1C. The van der Waals surface area contributed by atoms with Crippen LogP contribution in [0.15, 0.2) is 5.38 Å². The summed E-state index contributed by atoms with van der Waals surface area (Å²) in [6.07, 6.45) is 6.72. The van der Waals surface area contributed by atoms with E-state index in [4.69, 9.17) is 14.8 Å². The Hall–Kier alpha value is -1.24. The molecule has 5 nitrogen and oxygen atoms in total. The van der Waals surface area contributed by atoms with E-state index in [2.05, 4.69) is 35.9 Å². The Kier molecular flexibility index (Phi) is 5.43. The molecule has 0 spiro atoms. The lowest BCUT2D eigenvalue weighted by atomic mass is 9.87. The lowest BCUT2D eigenvalue weighted by Gasteiger charge is -2.32. The predicted molar refractivity (Wildman–Crippen MR) is 105 cm³/mol. The van der Waals surface area contributed by atoms with Gasteiger partial charge in [0.25, 0.3) is 0 Å². The van der Waals surface area contributed by atoms with Crippen molar-refractivity contribution in [3.8, 4) is 0 Å². The van der Waals surface area contributed by atoms with E-state index in [1.54, 1.807) is 11.3 Å². The fraction of sp³-hybridized carbons (Fsp3) is 0.700. The van der Waals surface area contributed by atoms with Gasteiger partial charge in [0.15, 0.2) is 0 Å². The molecule has 142 valence electrons. The molecule has 1 aliphatic heterocycles. The molecule has 1 aliphatic carbocycles. The summed E-state index contributed by atoms with van der Waals surface area (Å²) in [4.78, 5) is 7.34. The molecule has 2 aromatic heterocycles. The van der Waals surface area contributed by atoms with Crippen LogP contribution in [0.3, 0.4) is 0 Å². The summed E-state index contributed by atoms with van der Waals surface area (Å²) < 4.78 is 7.86. The minimum atomic E-state index is 0.312. The second kappa shape index (κ2) is 7.79. The van der Waals surface area contributed by atoms with Gasteiger partial charge in [0, 0.05) is 29.1 Å². The summed E-state index contributed by atoms with van der Waals surface area (Å²) in [5.41, 5.74) is 5.01. The molecule has 0 bridgehead atoms. The molecule has 1 saturated carbocycles. The average Bonchev–Trinajstić information content (AvgIpc) is 3.22. The number of aryl methyl sites for hydroxylation is 1. The van der Waals surface area contributed by atoms with Crippen molar-refractivity contribution in [2.75, 3.05) is 26.8 Å². The summed E-state index contributed by atoms with van der Waals surface area (Å²) in [5, 5.41) is 8.29. The maximum Gasteiger partial charge on any atom is 0.114 e. The highest BCUT2D eigenvalue weighted by atomic mass is 32.1. The second-order valence-electron chi connectivity index (χ2n) is 7.81. The molecule has 2 aliphatic rings. The van der Waals surface area contributed by atoms with Gasteiger partial charge in [-0.3, -0.25) is 9.58 Å². The van der Waals surface area contributed by atoms with Crippen molar-refractivity contribution in [1.29, 1.82) is 0 Å². The monoisotopic (exact) mass is 374 g/mol. The summed E-state index contributed by atoms with van der Waals surface area (Å²) in [6.45, 7) is 7.65. The van der Waals surface area contributed by atoms with Crippen LogP contribution in [-0.2, 0) is 11.3 Å². The van der Waals surface area contributed by atoms with E-state index < -0.39 is 0 Å². The fourth-order valence-corrected chi connectivity index (χ4v) is 5.31. The molecule has 2 fully saturated rings. The van der Waals surface area contributed by atoms with Crippen molar-refractivity contribution in [1.82, 2.24) is 19.7 Å². The number of morpholine rings is 1. The van der Waals surface area contributed by atoms with Gasteiger partial charge in [-0.25, -0.2) is 4.98 Å². The van der Waals surface area contributed by atoms with E-state index in [0.29, 0.717) is 12.0 Å². The number of likely N-dealkylation sites (N-methyl/N-ethyl adjacent to an activating group) is 1. The number of hydrogen-bond acceptors (Lipinski definition) is 5. The van der Waals surface area contributed by atoms with Gasteiger partial charge in [-0.2, -0.15) is 5.10 Å². The first-order valence-electron chi connectivity index (χ1n) is 9.89. The molecule has 6 heteroatoms. The van der Waals surface area contributed by atoms with Crippen molar-refractivity contribution in [3.05, 3.63) is 33.0 Å². The molecule has 0 amide bonds. The van der Waals surface area contributed by atoms with E-state index >= 15 is 0 Å². The Morgan fingerprint density at radius 3 is 2.81 bits per heavy atom. The third-order valence-corrected chi connectivity index (χ3v) is 6.90. The van der Waals surface area contributed by atoms with Crippen molar-refractivity contribution in [2.45, 2.75) is 64.5 Å². The number of ether oxygens (including phenoxy) is 1. The van der Waals surface area contributed by atoms with Crippen molar-refractivity contribution in [3.63, 3.8) is 0 Å². The maximum absolute atomic E-state index is 5.73. The van der Waals surface area contributed by atoms with Crippen LogP contribution >= 0.6 is 11.3 Å². The van der Waals surface area contributed by atoms with E-state index in [9.17, 15) is 0 Å². The number of thiazole rings is 1. The minimum Gasteiger partial charge on any atom is -0.378 e. The normalized spacial score (nSPS) is 22.8. The minimum absolute atomic E-state index is 0.312. The highest BCUT2D eigenvalue weighted by Crippen LogP contribution is 2.33. The lowest BCUT2D eigenvalue weighted by Crippen LogP contribution is -2.37. The first-order chi connectivity index (χ1) is 12.6. The fourth-order valence-electron chi connectivity index (χ4n) is 4.45. The van der Waals surface area contributed by atoms with Crippen LogP contribution in [0.5, 0.6) is 0 Å². The summed E-state index contributed by atoms with van der Waals surface area (Å²) in [5.74, 6) is 0.679.